The normalized spacial score (nSPS) is 14.0. The molecule has 6 nitrogen and oxygen atoms in total. The van der Waals surface area contributed by atoms with E-state index in [2.05, 4.69) is 14.9 Å². The molecule has 3 aromatic rings. The second-order valence-corrected chi connectivity index (χ2v) is 7.90. The summed E-state index contributed by atoms with van der Waals surface area (Å²) in [5.41, 5.74) is 3.46. The van der Waals surface area contributed by atoms with Gasteiger partial charge in [0.15, 0.2) is 5.82 Å². The van der Waals surface area contributed by atoms with E-state index in [-0.39, 0.29) is 5.91 Å². The SMILES string of the molecule is CN(C)c1nccnc1-c1cccc(C(=O)N2CCN(c3ccc(Cl)cc3)CC2)c1. The zero-order chi connectivity index (χ0) is 21.1. The van der Waals surface area contributed by atoms with Crippen molar-refractivity contribution < 1.29 is 4.79 Å². The molecule has 0 saturated carbocycles. The van der Waals surface area contributed by atoms with Gasteiger partial charge in [0, 0.05) is 74.5 Å². The molecule has 0 atom stereocenters. The highest BCUT2D eigenvalue weighted by molar-refractivity contribution is 6.30. The van der Waals surface area contributed by atoms with Gasteiger partial charge in [0.2, 0.25) is 0 Å². The van der Waals surface area contributed by atoms with Crippen LogP contribution in [0.15, 0.2) is 60.9 Å². The minimum Gasteiger partial charge on any atom is -0.368 e. The highest BCUT2D eigenvalue weighted by Crippen LogP contribution is 2.26. The van der Waals surface area contributed by atoms with Crippen molar-refractivity contribution >= 4 is 29.0 Å². The molecule has 0 unspecified atom stereocenters. The van der Waals surface area contributed by atoms with Crippen LogP contribution >= 0.6 is 11.6 Å². The van der Waals surface area contributed by atoms with Crippen molar-refractivity contribution in [1.29, 1.82) is 0 Å². The van der Waals surface area contributed by atoms with E-state index in [1.54, 1.807) is 12.4 Å². The van der Waals surface area contributed by atoms with Gasteiger partial charge < -0.3 is 14.7 Å². The van der Waals surface area contributed by atoms with Gasteiger partial charge in [0.25, 0.3) is 5.91 Å². The summed E-state index contributed by atoms with van der Waals surface area (Å²) in [6.45, 7) is 2.95. The smallest absolute Gasteiger partial charge is 0.253 e. The van der Waals surface area contributed by atoms with E-state index in [0.29, 0.717) is 18.7 Å². The van der Waals surface area contributed by atoms with Crippen LogP contribution in [0, 0.1) is 0 Å². The van der Waals surface area contributed by atoms with E-state index in [4.69, 9.17) is 11.6 Å². The lowest BCUT2D eigenvalue weighted by Gasteiger charge is -2.36. The lowest BCUT2D eigenvalue weighted by molar-refractivity contribution is 0.0747. The maximum atomic E-state index is 13.1. The Kier molecular flexibility index (Phi) is 5.86. The lowest BCUT2D eigenvalue weighted by Crippen LogP contribution is -2.48. The number of benzene rings is 2. The molecule has 30 heavy (non-hydrogen) atoms. The molecular formula is C23H24ClN5O. The van der Waals surface area contributed by atoms with E-state index in [1.807, 2.05) is 72.4 Å². The number of hydrogen-bond acceptors (Lipinski definition) is 5. The van der Waals surface area contributed by atoms with Crippen LogP contribution in [0.2, 0.25) is 5.02 Å². The molecule has 0 N–H and O–H groups in total. The second kappa shape index (κ2) is 8.71. The Balaban J connectivity index is 1.49. The summed E-state index contributed by atoms with van der Waals surface area (Å²) in [6.07, 6.45) is 3.35. The fourth-order valence-electron chi connectivity index (χ4n) is 3.66. The summed E-state index contributed by atoms with van der Waals surface area (Å²) in [5.74, 6) is 0.821. The number of nitrogens with zero attached hydrogens (tertiary/aromatic N) is 5. The zero-order valence-electron chi connectivity index (χ0n) is 17.1. The van der Waals surface area contributed by atoms with Gasteiger partial charge >= 0.3 is 0 Å². The second-order valence-electron chi connectivity index (χ2n) is 7.46. The highest BCUT2D eigenvalue weighted by atomic mass is 35.5. The third kappa shape index (κ3) is 4.24. The van der Waals surface area contributed by atoms with Crippen LogP contribution in [0.4, 0.5) is 11.5 Å². The topological polar surface area (TPSA) is 52.6 Å². The van der Waals surface area contributed by atoms with Gasteiger partial charge in [-0.3, -0.25) is 9.78 Å². The summed E-state index contributed by atoms with van der Waals surface area (Å²) >= 11 is 5.98. The van der Waals surface area contributed by atoms with E-state index >= 15 is 0 Å². The summed E-state index contributed by atoms with van der Waals surface area (Å²) < 4.78 is 0. The summed E-state index contributed by atoms with van der Waals surface area (Å²) in [7, 11) is 3.87. The van der Waals surface area contributed by atoms with Gasteiger partial charge in [-0.1, -0.05) is 23.7 Å². The average molecular weight is 422 g/mol. The molecule has 1 aliphatic rings. The third-order valence-corrected chi connectivity index (χ3v) is 5.50. The number of aromatic nitrogens is 2. The van der Waals surface area contributed by atoms with Gasteiger partial charge in [-0.2, -0.15) is 0 Å². The molecule has 1 fully saturated rings. The molecule has 0 aliphatic carbocycles. The molecule has 1 aliphatic heterocycles. The van der Waals surface area contributed by atoms with Crippen LogP contribution in [0.3, 0.4) is 0 Å². The van der Waals surface area contributed by atoms with Crippen molar-refractivity contribution in [3.63, 3.8) is 0 Å². The van der Waals surface area contributed by atoms with Gasteiger partial charge in [0.05, 0.1) is 0 Å². The predicted octanol–water partition coefficient (Wildman–Crippen LogP) is 3.83. The maximum Gasteiger partial charge on any atom is 0.253 e. The van der Waals surface area contributed by atoms with Crippen LogP contribution in [0.25, 0.3) is 11.3 Å². The van der Waals surface area contributed by atoms with Crippen molar-refractivity contribution in [2.75, 3.05) is 50.1 Å². The third-order valence-electron chi connectivity index (χ3n) is 5.24. The molecule has 1 aromatic heterocycles. The molecule has 1 amide bonds. The number of hydrogen-bond donors (Lipinski definition) is 0. The first-order valence-corrected chi connectivity index (χ1v) is 10.3. The lowest BCUT2D eigenvalue weighted by atomic mass is 10.1. The Morgan fingerprint density at radius 1 is 0.967 bits per heavy atom. The number of carbonyl (C=O) groups excluding carboxylic acids is 1. The van der Waals surface area contributed by atoms with E-state index in [9.17, 15) is 4.79 Å². The number of anilines is 2. The molecule has 154 valence electrons. The average Bonchev–Trinajstić information content (AvgIpc) is 2.79. The number of halogens is 1. The zero-order valence-corrected chi connectivity index (χ0v) is 17.9. The summed E-state index contributed by atoms with van der Waals surface area (Å²) in [5, 5.41) is 0.730. The Hall–Kier alpha value is -3.12. The molecule has 0 bridgehead atoms. The van der Waals surface area contributed by atoms with Crippen LogP contribution in [0.5, 0.6) is 0 Å². The first-order valence-electron chi connectivity index (χ1n) is 9.91. The van der Waals surface area contributed by atoms with Crippen molar-refractivity contribution in [2.45, 2.75) is 0 Å². The van der Waals surface area contributed by atoms with Crippen LogP contribution < -0.4 is 9.80 Å². The quantitative estimate of drug-likeness (QED) is 0.640. The Bertz CT molecular complexity index is 1030. The van der Waals surface area contributed by atoms with Gasteiger partial charge in [-0.05, 0) is 36.4 Å². The molecular weight excluding hydrogens is 398 g/mol. The van der Waals surface area contributed by atoms with E-state index < -0.39 is 0 Å². The van der Waals surface area contributed by atoms with Crippen LogP contribution in [-0.2, 0) is 0 Å². The number of rotatable bonds is 4. The minimum atomic E-state index is 0.0444. The Labute approximate surface area is 181 Å². The summed E-state index contributed by atoms with van der Waals surface area (Å²) in [6, 6.07) is 15.5. The first kappa shape index (κ1) is 20.2. The van der Waals surface area contributed by atoms with E-state index in [0.717, 1.165) is 40.9 Å². The molecule has 0 radical (unpaired) electrons. The van der Waals surface area contributed by atoms with Gasteiger partial charge in [0.1, 0.15) is 5.69 Å². The van der Waals surface area contributed by atoms with E-state index in [1.165, 1.54) is 0 Å². The number of piperazine rings is 1. The first-order chi connectivity index (χ1) is 14.5. The van der Waals surface area contributed by atoms with Crippen molar-refractivity contribution in [1.82, 2.24) is 14.9 Å². The molecule has 4 rings (SSSR count). The summed E-state index contributed by atoms with van der Waals surface area (Å²) in [4.78, 5) is 28.1. The number of carbonyl (C=O) groups is 1. The molecule has 0 spiro atoms. The molecule has 2 aromatic carbocycles. The van der Waals surface area contributed by atoms with Crippen molar-refractivity contribution in [3.05, 3.63) is 71.5 Å². The van der Waals surface area contributed by atoms with Crippen LogP contribution in [0.1, 0.15) is 10.4 Å². The molecule has 2 heterocycles. The molecule has 1 saturated heterocycles. The number of amides is 1. The Morgan fingerprint density at radius 3 is 2.37 bits per heavy atom. The molecule has 7 heteroatoms. The standard InChI is InChI=1S/C23H24ClN5O/c1-27(2)22-21(25-10-11-26-22)17-4-3-5-18(16-17)23(30)29-14-12-28(13-15-29)20-8-6-19(24)7-9-20/h3-11,16H,12-15H2,1-2H3. The largest absolute Gasteiger partial charge is 0.368 e. The Morgan fingerprint density at radius 2 is 1.67 bits per heavy atom. The minimum absolute atomic E-state index is 0.0444. The monoisotopic (exact) mass is 421 g/mol. The van der Waals surface area contributed by atoms with Crippen molar-refractivity contribution in [3.8, 4) is 11.3 Å². The van der Waals surface area contributed by atoms with Gasteiger partial charge in [-0.25, -0.2) is 4.98 Å². The van der Waals surface area contributed by atoms with Gasteiger partial charge in [-0.15, -0.1) is 0 Å². The highest BCUT2D eigenvalue weighted by Gasteiger charge is 2.23. The van der Waals surface area contributed by atoms with Crippen molar-refractivity contribution in [2.24, 2.45) is 0 Å². The fraction of sp³-hybridized carbons (Fsp3) is 0.261. The predicted molar refractivity (Wildman–Crippen MR) is 121 cm³/mol. The maximum absolute atomic E-state index is 13.1. The van der Waals surface area contributed by atoms with Crippen LogP contribution in [-0.4, -0.2) is 61.0 Å². The fourth-order valence-corrected chi connectivity index (χ4v) is 3.79.